The van der Waals surface area contributed by atoms with Crippen molar-refractivity contribution in [3.63, 3.8) is 0 Å². The van der Waals surface area contributed by atoms with E-state index in [0.717, 1.165) is 0 Å². The SMILES string of the molecule is CCc1nc(N)c(C)c(-c2ccccc2OC(F)(F)F)n1. The Bertz CT molecular complexity index is 656. The average Bonchev–Trinajstić information content (AvgIpc) is 2.41. The molecule has 0 spiro atoms. The van der Waals surface area contributed by atoms with Crippen LogP contribution in [0.5, 0.6) is 5.75 Å². The number of rotatable bonds is 3. The van der Waals surface area contributed by atoms with E-state index in [-0.39, 0.29) is 17.1 Å². The zero-order valence-corrected chi connectivity index (χ0v) is 11.5. The second kappa shape index (κ2) is 5.59. The summed E-state index contributed by atoms with van der Waals surface area (Å²) in [5.41, 5.74) is 6.90. The first-order valence-corrected chi connectivity index (χ1v) is 6.30. The van der Waals surface area contributed by atoms with Gasteiger partial charge in [0.05, 0.1) is 5.69 Å². The van der Waals surface area contributed by atoms with Crippen LogP contribution < -0.4 is 10.5 Å². The third-order valence-corrected chi connectivity index (χ3v) is 2.91. The summed E-state index contributed by atoms with van der Waals surface area (Å²) >= 11 is 0. The van der Waals surface area contributed by atoms with E-state index in [1.54, 1.807) is 13.0 Å². The van der Waals surface area contributed by atoms with Gasteiger partial charge in [0, 0.05) is 17.5 Å². The van der Waals surface area contributed by atoms with Gasteiger partial charge >= 0.3 is 6.36 Å². The summed E-state index contributed by atoms with van der Waals surface area (Å²) in [4.78, 5) is 8.36. The van der Waals surface area contributed by atoms with Crippen LogP contribution in [-0.2, 0) is 6.42 Å². The monoisotopic (exact) mass is 297 g/mol. The van der Waals surface area contributed by atoms with Gasteiger partial charge in [-0.25, -0.2) is 9.97 Å². The standard InChI is InChI=1S/C14H14F3N3O/c1-3-11-19-12(8(2)13(18)20-11)9-6-4-5-7-10(9)21-14(15,16)17/h4-7H,3H2,1-2H3,(H2,18,19,20). The quantitative estimate of drug-likeness (QED) is 0.942. The Morgan fingerprint density at radius 1 is 1.19 bits per heavy atom. The lowest BCUT2D eigenvalue weighted by atomic mass is 10.1. The Labute approximate surface area is 119 Å². The molecule has 1 aromatic heterocycles. The molecule has 0 aliphatic heterocycles. The van der Waals surface area contributed by atoms with Gasteiger partial charge in [-0.05, 0) is 19.1 Å². The molecule has 2 aromatic rings. The van der Waals surface area contributed by atoms with Crippen molar-refractivity contribution in [3.05, 3.63) is 35.7 Å². The second-order valence-electron chi connectivity index (χ2n) is 4.40. The van der Waals surface area contributed by atoms with Gasteiger partial charge in [0.25, 0.3) is 0 Å². The molecule has 0 amide bonds. The van der Waals surface area contributed by atoms with Crippen molar-refractivity contribution in [2.24, 2.45) is 0 Å². The molecule has 0 saturated carbocycles. The fourth-order valence-corrected chi connectivity index (χ4v) is 1.88. The highest BCUT2D eigenvalue weighted by molar-refractivity contribution is 5.72. The maximum absolute atomic E-state index is 12.5. The van der Waals surface area contributed by atoms with E-state index in [9.17, 15) is 13.2 Å². The molecule has 0 saturated heterocycles. The maximum Gasteiger partial charge on any atom is 0.573 e. The van der Waals surface area contributed by atoms with Crippen LogP contribution in [0.3, 0.4) is 0 Å². The van der Waals surface area contributed by atoms with Crippen LogP contribution in [0.2, 0.25) is 0 Å². The number of nitrogen functional groups attached to an aromatic ring is 1. The van der Waals surface area contributed by atoms with Gasteiger partial charge in [0.15, 0.2) is 0 Å². The lowest BCUT2D eigenvalue weighted by Gasteiger charge is -2.15. The molecule has 0 radical (unpaired) electrons. The molecular weight excluding hydrogens is 283 g/mol. The number of benzene rings is 1. The minimum absolute atomic E-state index is 0.233. The lowest BCUT2D eigenvalue weighted by Crippen LogP contribution is -2.18. The molecule has 2 N–H and O–H groups in total. The van der Waals surface area contributed by atoms with E-state index in [1.807, 2.05) is 6.92 Å². The number of para-hydroxylation sites is 1. The summed E-state index contributed by atoms with van der Waals surface area (Å²) in [7, 11) is 0. The Kier molecular flexibility index (Phi) is 4.02. The molecule has 0 atom stereocenters. The fraction of sp³-hybridized carbons (Fsp3) is 0.286. The summed E-state index contributed by atoms with van der Waals surface area (Å²) < 4.78 is 41.5. The average molecular weight is 297 g/mol. The highest BCUT2D eigenvalue weighted by Crippen LogP contribution is 2.35. The summed E-state index contributed by atoms with van der Waals surface area (Å²) in [5, 5.41) is 0. The van der Waals surface area contributed by atoms with Crippen molar-refractivity contribution in [2.45, 2.75) is 26.6 Å². The van der Waals surface area contributed by atoms with Gasteiger partial charge in [-0.2, -0.15) is 0 Å². The van der Waals surface area contributed by atoms with Crippen LogP contribution in [0, 0.1) is 6.92 Å². The molecule has 0 aliphatic rings. The molecule has 0 bridgehead atoms. The first kappa shape index (κ1) is 15.1. The molecular formula is C14H14F3N3O. The zero-order valence-electron chi connectivity index (χ0n) is 11.5. The third-order valence-electron chi connectivity index (χ3n) is 2.91. The molecule has 0 unspecified atom stereocenters. The lowest BCUT2D eigenvalue weighted by molar-refractivity contribution is -0.274. The summed E-state index contributed by atoms with van der Waals surface area (Å²) in [6.45, 7) is 3.50. The molecule has 4 nitrogen and oxygen atoms in total. The van der Waals surface area contributed by atoms with Gasteiger partial charge in [-0.15, -0.1) is 13.2 Å². The van der Waals surface area contributed by atoms with Crippen molar-refractivity contribution in [1.29, 1.82) is 0 Å². The van der Waals surface area contributed by atoms with Crippen LogP contribution in [0.15, 0.2) is 24.3 Å². The molecule has 0 fully saturated rings. The Balaban J connectivity index is 2.59. The van der Waals surface area contributed by atoms with E-state index >= 15 is 0 Å². The molecule has 21 heavy (non-hydrogen) atoms. The summed E-state index contributed by atoms with van der Waals surface area (Å²) in [6.07, 6.45) is -4.24. The zero-order chi connectivity index (χ0) is 15.6. The van der Waals surface area contributed by atoms with Crippen LogP contribution >= 0.6 is 0 Å². The van der Waals surface area contributed by atoms with E-state index < -0.39 is 6.36 Å². The second-order valence-corrected chi connectivity index (χ2v) is 4.40. The minimum atomic E-state index is -4.77. The third kappa shape index (κ3) is 3.42. The highest BCUT2D eigenvalue weighted by Gasteiger charge is 2.32. The van der Waals surface area contributed by atoms with Crippen molar-refractivity contribution in [1.82, 2.24) is 9.97 Å². The van der Waals surface area contributed by atoms with Crippen LogP contribution in [-0.4, -0.2) is 16.3 Å². The maximum atomic E-state index is 12.5. The van der Waals surface area contributed by atoms with Gasteiger partial charge in [0.2, 0.25) is 0 Å². The topological polar surface area (TPSA) is 61.0 Å². The van der Waals surface area contributed by atoms with Crippen molar-refractivity contribution in [2.75, 3.05) is 5.73 Å². The van der Waals surface area contributed by atoms with Crippen molar-refractivity contribution < 1.29 is 17.9 Å². The van der Waals surface area contributed by atoms with Gasteiger partial charge in [-0.3, -0.25) is 0 Å². The number of aryl methyl sites for hydroxylation is 1. The first-order valence-electron chi connectivity index (χ1n) is 6.30. The van der Waals surface area contributed by atoms with Crippen LogP contribution in [0.1, 0.15) is 18.3 Å². The fourth-order valence-electron chi connectivity index (χ4n) is 1.88. The smallest absolute Gasteiger partial charge is 0.405 e. The van der Waals surface area contributed by atoms with E-state index in [4.69, 9.17) is 5.73 Å². The van der Waals surface area contributed by atoms with E-state index in [1.165, 1.54) is 18.2 Å². The number of alkyl halides is 3. The Hall–Kier alpha value is -2.31. The van der Waals surface area contributed by atoms with Gasteiger partial charge < -0.3 is 10.5 Å². The number of nitrogens with two attached hydrogens (primary N) is 1. The first-order chi connectivity index (χ1) is 9.81. The Morgan fingerprint density at radius 3 is 2.48 bits per heavy atom. The number of nitrogens with zero attached hydrogens (tertiary/aromatic N) is 2. The minimum Gasteiger partial charge on any atom is -0.405 e. The number of aromatic nitrogens is 2. The van der Waals surface area contributed by atoms with E-state index in [2.05, 4.69) is 14.7 Å². The molecule has 112 valence electrons. The predicted octanol–water partition coefficient (Wildman–Crippen LogP) is 3.50. The van der Waals surface area contributed by atoms with Crippen molar-refractivity contribution >= 4 is 5.82 Å². The molecule has 1 heterocycles. The normalized spacial score (nSPS) is 11.5. The molecule has 0 aliphatic carbocycles. The summed E-state index contributed by atoms with van der Waals surface area (Å²) in [5.74, 6) is 0.404. The summed E-state index contributed by atoms with van der Waals surface area (Å²) in [6, 6.07) is 5.83. The molecule has 7 heteroatoms. The predicted molar refractivity (Wildman–Crippen MR) is 72.7 cm³/mol. The number of hydrogen-bond acceptors (Lipinski definition) is 4. The van der Waals surface area contributed by atoms with E-state index in [0.29, 0.717) is 23.5 Å². The van der Waals surface area contributed by atoms with Gasteiger partial charge in [-0.1, -0.05) is 19.1 Å². The molecule has 1 aromatic carbocycles. The number of ether oxygens (including phenoxy) is 1. The largest absolute Gasteiger partial charge is 0.573 e. The highest BCUT2D eigenvalue weighted by atomic mass is 19.4. The van der Waals surface area contributed by atoms with Crippen LogP contribution in [0.25, 0.3) is 11.3 Å². The van der Waals surface area contributed by atoms with Gasteiger partial charge in [0.1, 0.15) is 17.4 Å². The number of hydrogen-bond donors (Lipinski definition) is 1. The molecule has 2 rings (SSSR count). The number of halogens is 3. The van der Waals surface area contributed by atoms with Crippen LogP contribution in [0.4, 0.5) is 19.0 Å². The Morgan fingerprint density at radius 2 is 1.86 bits per heavy atom. The van der Waals surface area contributed by atoms with Crippen molar-refractivity contribution in [3.8, 4) is 17.0 Å². The number of anilines is 1.